The van der Waals surface area contributed by atoms with E-state index in [4.69, 9.17) is 4.74 Å². The van der Waals surface area contributed by atoms with Crippen molar-refractivity contribution < 1.29 is 24.5 Å². The van der Waals surface area contributed by atoms with Gasteiger partial charge < -0.3 is 20.3 Å². The lowest BCUT2D eigenvalue weighted by Crippen LogP contribution is -2.45. The normalized spacial score (nSPS) is 12.8. The van der Waals surface area contributed by atoms with Crippen molar-refractivity contribution in [2.75, 3.05) is 13.2 Å². The number of amides is 1. The zero-order chi connectivity index (χ0) is 44.4. The highest BCUT2D eigenvalue weighted by atomic mass is 16.5. The minimum atomic E-state index is -0.860. The highest BCUT2D eigenvalue weighted by Crippen LogP contribution is 2.16. The summed E-state index contributed by atoms with van der Waals surface area (Å²) in [7, 11) is 0. The summed E-state index contributed by atoms with van der Waals surface area (Å²) in [5.41, 5.74) is 0. The Balaban J connectivity index is 3.52. The van der Waals surface area contributed by atoms with Crippen molar-refractivity contribution in [2.45, 2.75) is 302 Å². The monoisotopic (exact) mass is 860 g/mol. The Morgan fingerprint density at radius 2 is 0.770 bits per heavy atom. The number of carbonyl (C=O) groups excluding carboxylic acids is 2. The Labute approximate surface area is 380 Å². The van der Waals surface area contributed by atoms with Gasteiger partial charge in [0.05, 0.1) is 25.4 Å². The number of hydrogen-bond donors (Lipinski definition) is 3. The van der Waals surface area contributed by atoms with E-state index in [-0.39, 0.29) is 18.5 Å². The van der Waals surface area contributed by atoms with Gasteiger partial charge in [0, 0.05) is 12.8 Å². The van der Waals surface area contributed by atoms with Crippen LogP contribution in [0.15, 0.2) is 24.3 Å². The Kier molecular flexibility index (Phi) is 49.6. The molecule has 0 saturated heterocycles. The number of ether oxygens (including phenoxy) is 1. The Morgan fingerprint density at radius 1 is 0.443 bits per heavy atom. The summed E-state index contributed by atoms with van der Waals surface area (Å²) >= 11 is 0. The lowest BCUT2D eigenvalue weighted by molar-refractivity contribution is -0.143. The lowest BCUT2D eigenvalue weighted by Gasteiger charge is -2.20. The number of esters is 1. The van der Waals surface area contributed by atoms with Crippen LogP contribution in [0.5, 0.6) is 0 Å². The van der Waals surface area contributed by atoms with Gasteiger partial charge in [-0.05, 0) is 64.2 Å². The van der Waals surface area contributed by atoms with Crippen LogP contribution < -0.4 is 5.32 Å². The summed E-state index contributed by atoms with van der Waals surface area (Å²) in [6, 6.07) is -0.646. The zero-order valence-electron chi connectivity index (χ0n) is 40.9. The van der Waals surface area contributed by atoms with Crippen LogP contribution in [0.25, 0.3) is 0 Å². The highest BCUT2D eigenvalue weighted by molar-refractivity contribution is 5.76. The smallest absolute Gasteiger partial charge is 0.305 e. The molecule has 61 heavy (non-hydrogen) atoms. The van der Waals surface area contributed by atoms with Gasteiger partial charge in [-0.15, -0.1) is 0 Å². The molecule has 0 rings (SSSR count). The molecule has 0 spiro atoms. The maximum Gasteiger partial charge on any atom is 0.305 e. The third kappa shape index (κ3) is 47.7. The first-order valence-corrected chi connectivity index (χ1v) is 27.1. The number of carbonyl (C=O) groups is 2. The molecule has 0 aromatic rings. The van der Waals surface area contributed by atoms with Crippen molar-refractivity contribution in [3.8, 4) is 0 Å². The quantitative estimate of drug-likeness (QED) is 0.0322. The molecule has 0 aliphatic carbocycles. The number of nitrogens with one attached hydrogen (secondary N) is 1. The molecular weight excluding hydrogens is 755 g/mol. The molecule has 1 amide bonds. The summed E-state index contributed by atoms with van der Waals surface area (Å²) in [4.78, 5) is 24.5. The van der Waals surface area contributed by atoms with Crippen molar-refractivity contribution >= 4 is 11.9 Å². The number of hydrogen-bond acceptors (Lipinski definition) is 5. The van der Waals surface area contributed by atoms with Gasteiger partial charge in [-0.3, -0.25) is 9.59 Å². The van der Waals surface area contributed by atoms with Crippen molar-refractivity contribution in [2.24, 2.45) is 0 Å². The molecule has 0 aliphatic heterocycles. The van der Waals surface area contributed by atoms with Gasteiger partial charge in [0.25, 0.3) is 0 Å². The third-order valence-electron chi connectivity index (χ3n) is 12.5. The molecule has 0 saturated carbocycles. The van der Waals surface area contributed by atoms with Crippen LogP contribution in [-0.2, 0) is 14.3 Å². The SMILES string of the molecule is CCCCCCCCCCCCCCCC/C=C/C(O)C(CO)NC(=O)CCCCCCC/C=C\CCCCCOC(=O)CCCCCCCCCCCCCCCCCC. The topological polar surface area (TPSA) is 95.9 Å². The summed E-state index contributed by atoms with van der Waals surface area (Å²) in [6.45, 7) is 4.85. The number of aliphatic hydroxyl groups excluding tert-OH is 2. The molecule has 0 fully saturated rings. The van der Waals surface area contributed by atoms with Crippen LogP contribution >= 0.6 is 0 Å². The second kappa shape index (κ2) is 51.0. The number of unbranched alkanes of at least 4 members (excludes halogenated alkanes) is 37. The molecular formula is C55H105NO5. The molecule has 0 aliphatic rings. The molecule has 0 heterocycles. The van der Waals surface area contributed by atoms with E-state index in [0.717, 1.165) is 77.0 Å². The van der Waals surface area contributed by atoms with E-state index in [0.29, 0.717) is 19.4 Å². The minimum Gasteiger partial charge on any atom is -0.466 e. The second-order valence-corrected chi connectivity index (χ2v) is 18.6. The van der Waals surface area contributed by atoms with Gasteiger partial charge in [0.2, 0.25) is 5.91 Å². The van der Waals surface area contributed by atoms with Crippen molar-refractivity contribution in [1.82, 2.24) is 5.32 Å². The third-order valence-corrected chi connectivity index (χ3v) is 12.5. The van der Waals surface area contributed by atoms with E-state index in [1.54, 1.807) is 6.08 Å². The fourth-order valence-corrected chi connectivity index (χ4v) is 8.27. The summed E-state index contributed by atoms with van der Waals surface area (Å²) in [5, 5.41) is 23.1. The summed E-state index contributed by atoms with van der Waals surface area (Å²) in [5.74, 6) is -0.113. The van der Waals surface area contributed by atoms with E-state index >= 15 is 0 Å². The van der Waals surface area contributed by atoms with Gasteiger partial charge >= 0.3 is 5.97 Å². The van der Waals surface area contributed by atoms with Gasteiger partial charge in [0.15, 0.2) is 0 Å². The number of allylic oxidation sites excluding steroid dienone is 3. The van der Waals surface area contributed by atoms with Gasteiger partial charge in [-0.25, -0.2) is 0 Å². The molecule has 0 aromatic heterocycles. The van der Waals surface area contributed by atoms with Gasteiger partial charge in [-0.1, -0.05) is 237 Å². The zero-order valence-corrected chi connectivity index (χ0v) is 40.9. The molecule has 360 valence electrons. The van der Waals surface area contributed by atoms with E-state index in [9.17, 15) is 19.8 Å². The van der Waals surface area contributed by atoms with Crippen LogP contribution in [0.4, 0.5) is 0 Å². The fourth-order valence-electron chi connectivity index (χ4n) is 8.27. The first-order valence-electron chi connectivity index (χ1n) is 27.1. The van der Waals surface area contributed by atoms with Crippen LogP contribution in [0, 0.1) is 0 Å². The standard InChI is InChI=1S/C55H105NO5/c1-3-5-7-9-11-13-15-17-19-21-23-27-31-35-39-43-47-53(58)52(51-57)56-54(59)48-44-40-36-32-28-25-26-30-34-38-42-46-50-61-55(60)49-45-41-37-33-29-24-22-20-18-16-14-12-10-8-6-4-2/h26,30,43,47,52-53,57-58H,3-25,27-29,31-42,44-46,48-51H2,1-2H3,(H,56,59)/b30-26-,47-43+. The highest BCUT2D eigenvalue weighted by Gasteiger charge is 2.18. The first kappa shape index (κ1) is 59.3. The van der Waals surface area contributed by atoms with Crippen LogP contribution in [-0.4, -0.2) is 47.4 Å². The lowest BCUT2D eigenvalue weighted by atomic mass is 10.0. The van der Waals surface area contributed by atoms with E-state index in [1.807, 2.05) is 6.08 Å². The van der Waals surface area contributed by atoms with E-state index in [2.05, 4.69) is 31.3 Å². The van der Waals surface area contributed by atoms with Crippen LogP contribution in [0.3, 0.4) is 0 Å². The summed E-state index contributed by atoms with van der Waals surface area (Å²) in [6.07, 6.45) is 60.4. The largest absolute Gasteiger partial charge is 0.466 e. The van der Waals surface area contributed by atoms with E-state index in [1.165, 1.54) is 186 Å². The van der Waals surface area contributed by atoms with Crippen molar-refractivity contribution in [3.63, 3.8) is 0 Å². The number of aliphatic hydroxyl groups is 2. The predicted molar refractivity (Wildman–Crippen MR) is 264 cm³/mol. The van der Waals surface area contributed by atoms with Gasteiger partial charge in [0.1, 0.15) is 0 Å². The average molecular weight is 860 g/mol. The summed E-state index contributed by atoms with van der Waals surface area (Å²) < 4.78 is 5.45. The molecule has 3 N–H and O–H groups in total. The molecule has 0 radical (unpaired) electrons. The molecule has 6 heteroatoms. The molecule has 0 aromatic carbocycles. The van der Waals surface area contributed by atoms with Gasteiger partial charge in [-0.2, -0.15) is 0 Å². The molecule has 2 unspecified atom stereocenters. The van der Waals surface area contributed by atoms with E-state index < -0.39 is 12.1 Å². The maximum atomic E-state index is 12.4. The molecule has 6 nitrogen and oxygen atoms in total. The maximum absolute atomic E-state index is 12.4. The van der Waals surface area contributed by atoms with Crippen LogP contribution in [0.1, 0.15) is 290 Å². The first-order chi connectivity index (χ1) is 30.0. The van der Waals surface area contributed by atoms with Crippen molar-refractivity contribution in [3.05, 3.63) is 24.3 Å². The average Bonchev–Trinajstić information content (AvgIpc) is 3.26. The fraction of sp³-hybridized carbons (Fsp3) is 0.891. The number of rotatable bonds is 50. The Morgan fingerprint density at radius 3 is 1.16 bits per heavy atom. The Bertz CT molecular complexity index is 951. The van der Waals surface area contributed by atoms with Crippen LogP contribution in [0.2, 0.25) is 0 Å². The minimum absolute atomic E-state index is 0.0209. The van der Waals surface area contributed by atoms with Crippen molar-refractivity contribution in [1.29, 1.82) is 0 Å². The second-order valence-electron chi connectivity index (χ2n) is 18.6. The Hall–Kier alpha value is -1.66. The predicted octanol–water partition coefficient (Wildman–Crippen LogP) is 16.3. The molecule has 2 atom stereocenters. The molecule has 0 bridgehead atoms.